The van der Waals surface area contributed by atoms with E-state index < -0.39 is 0 Å². The van der Waals surface area contributed by atoms with E-state index in [2.05, 4.69) is 17.4 Å². The fourth-order valence-corrected chi connectivity index (χ4v) is 2.75. The fraction of sp³-hybridized carbons (Fsp3) is 0.136. The molecule has 0 saturated carbocycles. The molecule has 3 aromatic rings. The molecule has 126 valence electrons. The highest BCUT2D eigenvalue weighted by Crippen LogP contribution is 2.17. The summed E-state index contributed by atoms with van der Waals surface area (Å²) in [6.07, 6.45) is 1.85. The fourth-order valence-electron chi connectivity index (χ4n) is 2.75. The number of rotatable bonds is 6. The summed E-state index contributed by atoms with van der Waals surface area (Å²) in [5, 5.41) is 2.98. The first-order valence-electron chi connectivity index (χ1n) is 8.55. The SMILES string of the molecule is O=C(Nc1ccccc1)N(CCCc1ccccc1)c1ccccc1. The highest BCUT2D eigenvalue weighted by atomic mass is 16.2. The number of urea groups is 1. The van der Waals surface area contributed by atoms with Crippen LogP contribution in [0.25, 0.3) is 0 Å². The molecule has 0 fully saturated rings. The summed E-state index contributed by atoms with van der Waals surface area (Å²) >= 11 is 0. The largest absolute Gasteiger partial charge is 0.326 e. The van der Waals surface area contributed by atoms with Crippen molar-refractivity contribution in [3.05, 3.63) is 96.6 Å². The van der Waals surface area contributed by atoms with E-state index in [4.69, 9.17) is 0 Å². The molecule has 0 heterocycles. The van der Waals surface area contributed by atoms with Crippen LogP contribution < -0.4 is 10.2 Å². The van der Waals surface area contributed by atoms with Gasteiger partial charge in [0, 0.05) is 17.9 Å². The minimum atomic E-state index is -0.106. The Balaban J connectivity index is 1.68. The van der Waals surface area contributed by atoms with Crippen LogP contribution >= 0.6 is 0 Å². The van der Waals surface area contributed by atoms with Crippen LogP contribution in [-0.2, 0) is 6.42 Å². The number of hydrogen-bond donors (Lipinski definition) is 1. The lowest BCUT2D eigenvalue weighted by Crippen LogP contribution is -2.36. The molecule has 3 heteroatoms. The van der Waals surface area contributed by atoms with Crippen molar-refractivity contribution >= 4 is 17.4 Å². The minimum Gasteiger partial charge on any atom is -0.308 e. The van der Waals surface area contributed by atoms with Crippen molar-refractivity contribution in [3.63, 3.8) is 0 Å². The molecule has 0 aromatic heterocycles. The van der Waals surface area contributed by atoms with Crippen LogP contribution in [0, 0.1) is 0 Å². The number of benzene rings is 3. The van der Waals surface area contributed by atoms with Gasteiger partial charge < -0.3 is 5.32 Å². The molecule has 3 rings (SSSR count). The maximum atomic E-state index is 12.8. The van der Waals surface area contributed by atoms with Crippen LogP contribution in [0.3, 0.4) is 0 Å². The molecule has 0 radical (unpaired) electrons. The van der Waals surface area contributed by atoms with Gasteiger partial charge >= 0.3 is 6.03 Å². The first kappa shape index (κ1) is 16.8. The van der Waals surface area contributed by atoms with Crippen LogP contribution in [0.4, 0.5) is 16.2 Å². The molecule has 0 aliphatic carbocycles. The summed E-state index contributed by atoms with van der Waals surface area (Å²) in [5.41, 5.74) is 3.00. The van der Waals surface area contributed by atoms with E-state index in [1.807, 2.05) is 78.9 Å². The number of carbonyl (C=O) groups excluding carboxylic acids is 1. The van der Waals surface area contributed by atoms with Gasteiger partial charge in [0.05, 0.1) is 0 Å². The number of anilines is 2. The summed E-state index contributed by atoms with van der Waals surface area (Å²) in [7, 11) is 0. The summed E-state index contributed by atoms with van der Waals surface area (Å²) in [5.74, 6) is 0. The van der Waals surface area contributed by atoms with E-state index >= 15 is 0 Å². The Morgan fingerprint density at radius 2 is 1.32 bits per heavy atom. The third kappa shape index (κ3) is 4.95. The molecule has 3 aromatic carbocycles. The predicted molar refractivity (Wildman–Crippen MR) is 104 cm³/mol. The van der Waals surface area contributed by atoms with Crippen molar-refractivity contribution in [2.45, 2.75) is 12.8 Å². The Labute approximate surface area is 148 Å². The van der Waals surface area contributed by atoms with Crippen molar-refractivity contribution in [1.82, 2.24) is 0 Å². The first-order valence-corrected chi connectivity index (χ1v) is 8.55. The third-order valence-electron chi connectivity index (χ3n) is 4.03. The van der Waals surface area contributed by atoms with E-state index in [-0.39, 0.29) is 6.03 Å². The number of carbonyl (C=O) groups is 1. The zero-order valence-corrected chi connectivity index (χ0v) is 14.1. The molecule has 0 saturated heterocycles. The quantitative estimate of drug-likeness (QED) is 0.648. The second-order valence-corrected chi connectivity index (χ2v) is 5.87. The Bertz CT molecular complexity index is 773. The van der Waals surface area contributed by atoms with E-state index in [9.17, 15) is 4.79 Å². The van der Waals surface area contributed by atoms with Crippen LogP contribution in [0.2, 0.25) is 0 Å². The highest BCUT2D eigenvalue weighted by molar-refractivity contribution is 6.01. The van der Waals surface area contributed by atoms with E-state index in [1.165, 1.54) is 5.56 Å². The molecule has 1 N–H and O–H groups in total. The standard InChI is InChI=1S/C22H22N2O/c25-22(23-20-14-6-2-7-15-20)24(21-16-8-3-9-17-21)18-10-13-19-11-4-1-5-12-19/h1-9,11-12,14-17H,10,13,18H2,(H,23,25). The molecule has 3 nitrogen and oxygen atoms in total. The number of aryl methyl sites for hydroxylation is 1. The average Bonchev–Trinajstić information content (AvgIpc) is 2.67. The molecule has 0 atom stereocenters. The van der Waals surface area contributed by atoms with Gasteiger partial charge in [-0.05, 0) is 42.7 Å². The zero-order chi connectivity index (χ0) is 17.3. The molecule has 0 unspecified atom stereocenters. The summed E-state index contributed by atoms with van der Waals surface area (Å²) in [4.78, 5) is 14.6. The van der Waals surface area contributed by atoms with Gasteiger partial charge in [0.1, 0.15) is 0 Å². The highest BCUT2D eigenvalue weighted by Gasteiger charge is 2.15. The lowest BCUT2D eigenvalue weighted by molar-refractivity contribution is 0.257. The Hall–Kier alpha value is -3.07. The van der Waals surface area contributed by atoms with Crippen LogP contribution in [0.1, 0.15) is 12.0 Å². The second-order valence-electron chi connectivity index (χ2n) is 5.87. The van der Waals surface area contributed by atoms with Gasteiger partial charge in [-0.25, -0.2) is 4.79 Å². The molecule has 0 aliphatic heterocycles. The number of nitrogens with one attached hydrogen (secondary N) is 1. The molecule has 2 amide bonds. The van der Waals surface area contributed by atoms with Crippen molar-refractivity contribution in [2.24, 2.45) is 0 Å². The molecular weight excluding hydrogens is 308 g/mol. The number of amides is 2. The monoisotopic (exact) mass is 330 g/mol. The zero-order valence-electron chi connectivity index (χ0n) is 14.1. The minimum absolute atomic E-state index is 0.106. The molecular formula is C22H22N2O. The molecule has 25 heavy (non-hydrogen) atoms. The van der Waals surface area contributed by atoms with Crippen molar-refractivity contribution in [3.8, 4) is 0 Å². The van der Waals surface area contributed by atoms with Gasteiger partial charge in [0.2, 0.25) is 0 Å². The van der Waals surface area contributed by atoms with Gasteiger partial charge in [-0.2, -0.15) is 0 Å². The Morgan fingerprint density at radius 3 is 1.96 bits per heavy atom. The smallest absolute Gasteiger partial charge is 0.308 e. The van der Waals surface area contributed by atoms with Crippen molar-refractivity contribution in [2.75, 3.05) is 16.8 Å². The van der Waals surface area contributed by atoms with Crippen LogP contribution in [0.5, 0.6) is 0 Å². The maximum Gasteiger partial charge on any atom is 0.326 e. The van der Waals surface area contributed by atoms with Gasteiger partial charge in [0.25, 0.3) is 0 Å². The van der Waals surface area contributed by atoms with Crippen LogP contribution in [-0.4, -0.2) is 12.6 Å². The number of hydrogen-bond acceptors (Lipinski definition) is 1. The lowest BCUT2D eigenvalue weighted by Gasteiger charge is -2.23. The van der Waals surface area contributed by atoms with E-state index in [0.717, 1.165) is 24.2 Å². The summed E-state index contributed by atoms with van der Waals surface area (Å²) < 4.78 is 0. The van der Waals surface area contributed by atoms with Crippen molar-refractivity contribution in [1.29, 1.82) is 0 Å². The predicted octanol–water partition coefficient (Wildman–Crippen LogP) is 5.36. The second kappa shape index (κ2) is 8.69. The summed E-state index contributed by atoms with van der Waals surface area (Å²) in [6, 6.07) is 29.6. The molecule has 0 aliphatic rings. The van der Waals surface area contributed by atoms with Crippen molar-refractivity contribution < 1.29 is 4.79 Å². The normalized spacial score (nSPS) is 10.2. The van der Waals surface area contributed by atoms with Gasteiger partial charge in [-0.3, -0.25) is 4.90 Å². The van der Waals surface area contributed by atoms with E-state index in [1.54, 1.807) is 4.90 Å². The lowest BCUT2D eigenvalue weighted by atomic mass is 10.1. The first-order chi connectivity index (χ1) is 12.3. The Kier molecular flexibility index (Phi) is 5.83. The van der Waals surface area contributed by atoms with Gasteiger partial charge in [-0.1, -0.05) is 66.7 Å². The molecule has 0 spiro atoms. The van der Waals surface area contributed by atoms with Gasteiger partial charge in [0.15, 0.2) is 0 Å². The van der Waals surface area contributed by atoms with Gasteiger partial charge in [-0.15, -0.1) is 0 Å². The summed E-state index contributed by atoms with van der Waals surface area (Å²) in [6.45, 7) is 0.664. The average molecular weight is 330 g/mol. The third-order valence-corrected chi connectivity index (χ3v) is 4.03. The maximum absolute atomic E-state index is 12.8. The Morgan fingerprint density at radius 1 is 0.760 bits per heavy atom. The van der Waals surface area contributed by atoms with Crippen LogP contribution in [0.15, 0.2) is 91.0 Å². The van der Waals surface area contributed by atoms with E-state index in [0.29, 0.717) is 6.54 Å². The number of nitrogens with zero attached hydrogens (tertiary/aromatic N) is 1. The topological polar surface area (TPSA) is 32.3 Å². The number of para-hydroxylation sites is 2. The molecule has 0 bridgehead atoms.